The highest BCUT2D eigenvalue weighted by Crippen LogP contribution is 2.00. The third-order valence-corrected chi connectivity index (χ3v) is 1.59. The highest BCUT2D eigenvalue weighted by Gasteiger charge is 2.13. The Hall–Kier alpha value is -2.25. The van der Waals surface area contributed by atoms with Crippen LogP contribution in [0.4, 0.5) is 0 Å². The maximum Gasteiger partial charge on any atom is 0.352 e. The molecule has 2 aromatic heterocycles. The maximum absolute atomic E-state index is 11.7. The number of hydrogen-bond acceptors (Lipinski definition) is 5. The molecule has 0 aromatic carbocycles. The number of nitrogens with zero attached hydrogens (tertiary/aromatic N) is 5. The van der Waals surface area contributed by atoms with E-state index in [2.05, 4.69) is 15.3 Å². The van der Waals surface area contributed by atoms with Crippen molar-refractivity contribution in [3.63, 3.8) is 0 Å². The number of rotatable bonds is 1. The van der Waals surface area contributed by atoms with E-state index in [-0.39, 0.29) is 16.0 Å². The van der Waals surface area contributed by atoms with E-state index in [0.717, 1.165) is 10.7 Å². The minimum atomic E-state index is -2.75. The van der Waals surface area contributed by atoms with E-state index in [1.54, 1.807) is 0 Å². The molecular formula is C6H6N6O2. The second-order valence-corrected chi connectivity index (χ2v) is 2.43. The summed E-state index contributed by atoms with van der Waals surface area (Å²) in [4.78, 5) is 26.2. The van der Waals surface area contributed by atoms with Crippen molar-refractivity contribution in [3.8, 4) is 0 Å². The number of carbonyl (C=O) groups is 1. The van der Waals surface area contributed by atoms with Gasteiger partial charge in [-0.25, -0.2) is 14.2 Å². The quantitative estimate of drug-likeness (QED) is 0.529. The number of aromatic nitrogens is 5. The Morgan fingerprint density at radius 2 is 2.50 bits per heavy atom. The summed E-state index contributed by atoms with van der Waals surface area (Å²) in [6, 6.07) is 0. The minimum Gasteiger partial charge on any atom is -0.364 e. The van der Waals surface area contributed by atoms with Crippen LogP contribution in [0.5, 0.6) is 0 Å². The van der Waals surface area contributed by atoms with Crippen LogP contribution in [-0.4, -0.2) is 30.3 Å². The third kappa shape index (κ3) is 0.969. The van der Waals surface area contributed by atoms with Gasteiger partial charge in [0, 0.05) is 11.1 Å². The first kappa shape index (κ1) is 5.47. The number of imidazole rings is 1. The van der Waals surface area contributed by atoms with Gasteiger partial charge < -0.3 is 5.73 Å². The summed E-state index contributed by atoms with van der Waals surface area (Å²) in [5.74, 6) is -0.882. The van der Waals surface area contributed by atoms with E-state index in [4.69, 9.17) is 9.85 Å². The van der Waals surface area contributed by atoms with Gasteiger partial charge in [0.25, 0.3) is 5.91 Å². The SMILES string of the molecule is [2H][13C]([2H])([2H])n1nnc2c(C(N)=O)ncn2c1=O. The second kappa shape index (κ2) is 2.62. The molecule has 0 atom stereocenters. The molecule has 2 N–H and O–H groups in total. The van der Waals surface area contributed by atoms with Crippen LogP contribution < -0.4 is 11.4 Å². The highest BCUT2D eigenvalue weighted by molar-refractivity contribution is 5.96. The molecule has 2 aromatic rings. The van der Waals surface area contributed by atoms with Gasteiger partial charge in [-0.15, -0.1) is 5.10 Å². The smallest absolute Gasteiger partial charge is 0.352 e. The van der Waals surface area contributed by atoms with Crippen LogP contribution in [0.1, 0.15) is 14.6 Å². The number of primary amides is 1. The van der Waals surface area contributed by atoms with E-state index in [1.807, 2.05) is 0 Å². The number of nitrogens with two attached hydrogens (primary N) is 1. The average Bonchev–Trinajstić information content (AvgIpc) is 2.60. The predicted octanol–water partition coefficient (Wildman–Crippen LogP) is -2.08. The Morgan fingerprint density at radius 3 is 3.14 bits per heavy atom. The standard InChI is InChI=1S/C6H6N6O2/c1-11-6(14)12-2-8-3(4(7)13)5(12)9-10-11/h2H,1H3,(H2,7,13)/i1+1D3. The molecule has 8 heteroatoms. The first-order chi connectivity index (χ1) is 7.82. The van der Waals surface area contributed by atoms with Crippen molar-refractivity contribution in [1.29, 1.82) is 0 Å². The lowest BCUT2D eigenvalue weighted by Gasteiger charge is -1.95. The molecule has 0 spiro atoms. The number of carbonyl (C=O) groups excluding carboxylic acids is 1. The first-order valence-corrected chi connectivity index (χ1v) is 3.45. The Bertz CT molecular complexity index is 656. The molecule has 0 saturated carbocycles. The largest absolute Gasteiger partial charge is 0.364 e. The molecule has 0 radical (unpaired) electrons. The summed E-state index contributed by atoms with van der Waals surface area (Å²) in [5, 5.41) is 6.66. The summed E-state index contributed by atoms with van der Waals surface area (Å²) in [6.45, 7) is -2.75. The second-order valence-electron chi connectivity index (χ2n) is 2.43. The molecule has 0 aliphatic rings. The highest BCUT2D eigenvalue weighted by atomic mass is 16.2. The third-order valence-electron chi connectivity index (χ3n) is 1.59. The monoisotopic (exact) mass is 198 g/mol. The van der Waals surface area contributed by atoms with Crippen molar-refractivity contribution in [2.24, 2.45) is 12.7 Å². The lowest BCUT2D eigenvalue weighted by atomic mass is 10.4. The Morgan fingerprint density at radius 1 is 1.71 bits per heavy atom. The summed E-state index contributed by atoms with van der Waals surface area (Å²) in [6.07, 6.45) is 0.967. The lowest BCUT2D eigenvalue weighted by molar-refractivity contribution is 0.0997. The molecule has 0 unspecified atom stereocenters. The molecule has 1 amide bonds. The molecule has 2 heterocycles. The van der Waals surface area contributed by atoms with E-state index in [0.29, 0.717) is 0 Å². The van der Waals surface area contributed by atoms with Gasteiger partial charge in [-0.2, -0.15) is 4.68 Å². The fourth-order valence-electron chi connectivity index (χ4n) is 0.979. The predicted molar refractivity (Wildman–Crippen MR) is 44.5 cm³/mol. The molecule has 0 bridgehead atoms. The van der Waals surface area contributed by atoms with Gasteiger partial charge in [-0.1, -0.05) is 5.21 Å². The summed E-state index contributed by atoms with van der Waals surface area (Å²) in [5.41, 5.74) is 3.60. The fourth-order valence-corrected chi connectivity index (χ4v) is 0.979. The summed E-state index contributed by atoms with van der Waals surface area (Å²) >= 11 is 0. The summed E-state index contributed by atoms with van der Waals surface area (Å²) in [7, 11) is 0. The topological polar surface area (TPSA) is 108 Å². The van der Waals surface area contributed by atoms with Crippen molar-refractivity contribution in [2.75, 3.05) is 0 Å². The van der Waals surface area contributed by atoms with Crippen LogP contribution in [0.3, 0.4) is 0 Å². The van der Waals surface area contributed by atoms with E-state index in [1.165, 1.54) is 0 Å². The number of aryl methyl sites for hydroxylation is 1. The van der Waals surface area contributed by atoms with Crippen LogP contribution in [0.15, 0.2) is 11.1 Å². The number of amides is 1. The first-order valence-electron chi connectivity index (χ1n) is 4.95. The van der Waals surface area contributed by atoms with Crippen LogP contribution in [-0.2, 0) is 6.98 Å². The Balaban J connectivity index is 2.80. The molecule has 0 aliphatic carbocycles. The normalized spacial score (nSPS) is 14.7. The summed E-state index contributed by atoms with van der Waals surface area (Å²) < 4.78 is 22.2. The molecule has 72 valence electrons. The zero-order valence-electron chi connectivity index (χ0n) is 9.71. The van der Waals surface area contributed by atoms with Crippen LogP contribution in [0, 0.1) is 0 Å². The van der Waals surface area contributed by atoms with Gasteiger partial charge in [0.2, 0.25) is 0 Å². The van der Waals surface area contributed by atoms with Crippen LogP contribution >= 0.6 is 0 Å². The molecule has 0 aliphatic heterocycles. The van der Waals surface area contributed by atoms with Crippen molar-refractivity contribution in [1.82, 2.24) is 24.4 Å². The molecule has 0 fully saturated rings. The van der Waals surface area contributed by atoms with Crippen LogP contribution in [0.25, 0.3) is 5.65 Å². The van der Waals surface area contributed by atoms with Gasteiger partial charge in [0.05, 0.1) is 0 Å². The van der Waals surface area contributed by atoms with Gasteiger partial charge in [-0.3, -0.25) is 4.79 Å². The zero-order chi connectivity index (χ0) is 12.8. The van der Waals surface area contributed by atoms with E-state index >= 15 is 0 Å². The van der Waals surface area contributed by atoms with Crippen molar-refractivity contribution in [3.05, 3.63) is 22.5 Å². The molecular weight excluding hydrogens is 189 g/mol. The minimum absolute atomic E-state index is 0.178. The molecule has 14 heavy (non-hydrogen) atoms. The van der Waals surface area contributed by atoms with Gasteiger partial charge in [0.15, 0.2) is 11.3 Å². The number of fused-ring (bicyclic) bond motifs is 1. The van der Waals surface area contributed by atoms with E-state index < -0.39 is 18.6 Å². The van der Waals surface area contributed by atoms with Crippen molar-refractivity contribution in [2.45, 2.75) is 0 Å². The average molecular weight is 198 g/mol. The molecule has 0 saturated heterocycles. The molecule has 2 rings (SSSR count). The van der Waals surface area contributed by atoms with Crippen molar-refractivity contribution < 1.29 is 8.91 Å². The number of hydrogen-bond donors (Lipinski definition) is 1. The van der Waals surface area contributed by atoms with Gasteiger partial charge in [0.1, 0.15) is 6.33 Å². The maximum atomic E-state index is 11.7. The fraction of sp³-hybridized carbons (Fsp3) is 0.167. The van der Waals surface area contributed by atoms with Crippen LogP contribution in [0.2, 0.25) is 0 Å². The lowest BCUT2D eigenvalue weighted by Crippen LogP contribution is -2.27. The van der Waals surface area contributed by atoms with Gasteiger partial charge >= 0.3 is 5.69 Å². The Kier molecular flexibility index (Phi) is 1.02. The van der Waals surface area contributed by atoms with Crippen molar-refractivity contribution >= 4 is 11.6 Å². The molecule has 8 nitrogen and oxygen atoms in total. The van der Waals surface area contributed by atoms with E-state index in [9.17, 15) is 9.59 Å². The van der Waals surface area contributed by atoms with Gasteiger partial charge in [-0.05, 0) is 0 Å². The zero-order valence-corrected chi connectivity index (χ0v) is 6.71. The Labute approximate surface area is 81.2 Å².